The minimum Gasteiger partial charge on any atom is -0.396 e. The Labute approximate surface area is 44.2 Å². The molecule has 0 fully saturated rings. The lowest BCUT2D eigenvalue weighted by atomic mass is 10.5. The largest absolute Gasteiger partial charge is 0.396 e. The molecule has 0 bridgehead atoms. The minimum atomic E-state index is 0.687. The van der Waals surface area contributed by atoms with Crippen molar-refractivity contribution in [1.29, 1.82) is 0 Å². The Kier molecular flexibility index (Phi) is 5.06. The molecule has 41 valence electrons. The summed E-state index contributed by atoms with van der Waals surface area (Å²) in [6, 6.07) is 0. The predicted molar refractivity (Wildman–Crippen MR) is 30.1 cm³/mol. The highest BCUT2D eigenvalue weighted by Gasteiger charge is 1.71. The van der Waals surface area contributed by atoms with Gasteiger partial charge in [-0.15, -0.1) is 0 Å². The van der Waals surface area contributed by atoms with Crippen LogP contribution in [-0.2, 0) is 4.84 Å². The number of rotatable bonds is 3. The van der Waals surface area contributed by atoms with Gasteiger partial charge in [-0.05, 0) is 13.3 Å². The third-order valence-corrected chi connectivity index (χ3v) is 0.444. The number of hydrogen-bond acceptors (Lipinski definition) is 2. The van der Waals surface area contributed by atoms with E-state index in [0.29, 0.717) is 6.61 Å². The lowest BCUT2D eigenvalue weighted by molar-refractivity contribution is 0.147. The molecule has 0 unspecified atom stereocenters. The second-order valence-corrected chi connectivity index (χ2v) is 1.12. The molecule has 0 N–H and O–H groups in total. The van der Waals surface area contributed by atoms with Crippen molar-refractivity contribution in [2.45, 2.75) is 13.3 Å². The highest BCUT2D eigenvalue weighted by Crippen LogP contribution is 1.77. The molecule has 0 aliphatic rings. The van der Waals surface area contributed by atoms with Crippen LogP contribution >= 0.6 is 0 Å². The van der Waals surface area contributed by atoms with Gasteiger partial charge in [0.15, 0.2) is 0 Å². The van der Waals surface area contributed by atoms with Gasteiger partial charge in [0, 0.05) is 6.21 Å². The molecule has 0 atom stereocenters. The fraction of sp³-hybridized carbons (Fsp3) is 0.600. The first-order valence-electron chi connectivity index (χ1n) is 2.34. The Balaban J connectivity index is 2.69. The van der Waals surface area contributed by atoms with E-state index in [1.165, 1.54) is 6.21 Å². The molecular weight excluding hydrogens is 90.1 g/mol. The average molecular weight is 100 g/mol. The molecule has 0 aromatic heterocycles. The molecule has 0 aliphatic carbocycles. The maximum atomic E-state index is 4.64. The van der Waals surface area contributed by atoms with E-state index < -0.39 is 0 Å². The first-order chi connectivity index (χ1) is 3.41. The SMILES string of the molecule is [CH2]/C=N/OCCC. The van der Waals surface area contributed by atoms with E-state index in [-0.39, 0.29) is 0 Å². The van der Waals surface area contributed by atoms with Crippen LogP contribution in [0.1, 0.15) is 13.3 Å². The summed E-state index contributed by atoms with van der Waals surface area (Å²) < 4.78 is 0. The van der Waals surface area contributed by atoms with Gasteiger partial charge in [-0.25, -0.2) is 0 Å². The molecule has 0 heterocycles. The Morgan fingerprint density at radius 2 is 2.57 bits per heavy atom. The van der Waals surface area contributed by atoms with Gasteiger partial charge < -0.3 is 4.84 Å². The molecule has 7 heavy (non-hydrogen) atoms. The Hall–Kier alpha value is -0.530. The van der Waals surface area contributed by atoms with Crippen molar-refractivity contribution < 1.29 is 4.84 Å². The second-order valence-electron chi connectivity index (χ2n) is 1.12. The molecule has 2 nitrogen and oxygen atoms in total. The van der Waals surface area contributed by atoms with Gasteiger partial charge in [0.25, 0.3) is 0 Å². The third-order valence-electron chi connectivity index (χ3n) is 0.444. The molecule has 0 rings (SSSR count). The van der Waals surface area contributed by atoms with Gasteiger partial charge in [-0.1, -0.05) is 12.1 Å². The van der Waals surface area contributed by atoms with Gasteiger partial charge in [0.2, 0.25) is 0 Å². The van der Waals surface area contributed by atoms with Crippen LogP contribution in [0.4, 0.5) is 0 Å². The molecule has 0 aromatic rings. The van der Waals surface area contributed by atoms with Gasteiger partial charge in [0.05, 0.1) is 0 Å². The molecule has 2 heteroatoms. The van der Waals surface area contributed by atoms with Gasteiger partial charge in [-0.3, -0.25) is 0 Å². The van der Waals surface area contributed by atoms with Crippen LogP contribution in [-0.4, -0.2) is 12.8 Å². The average Bonchev–Trinajstić information content (AvgIpc) is 1.69. The van der Waals surface area contributed by atoms with Crippen LogP contribution in [0.25, 0.3) is 0 Å². The first kappa shape index (κ1) is 6.47. The van der Waals surface area contributed by atoms with Crippen molar-refractivity contribution in [1.82, 2.24) is 0 Å². The quantitative estimate of drug-likeness (QED) is 0.297. The highest BCUT2D eigenvalue weighted by atomic mass is 16.6. The molecule has 0 aromatic carbocycles. The van der Waals surface area contributed by atoms with Gasteiger partial charge >= 0.3 is 0 Å². The van der Waals surface area contributed by atoms with Crippen LogP contribution in [0.15, 0.2) is 5.16 Å². The summed E-state index contributed by atoms with van der Waals surface area (Å²) >= 11 is 0. The summed E-state index contributed by atoms with van der Waals surface area (Å²) in [5, 5.41) is 3.43. The maximum Gasteiger partial charge on any atom is 0.116 e. The van der Waals surface area contributed by atoms with Gasteiger partial charge in [0.1, 0.15) is 6.61 Å². The standard InChI is InChI=1S/C5H10NO/c1-3-5-7-6-4-2/h4H,2-3,5H2,1H3/b6-4+. The summed E-state index contributed by atoms with van der Waals surface area (Å²) in [6.07, 6.45) is 2.38. The summed E-state index contributed by atoms with van der Waals surface area (Å²) in [4.78, 5) is 4.64. The van der Waals surface area contributed by atoms with Crippen molar-refractivity contribution in [3.05, 3.63) is 6.92 Å². The molecule has 0 aliphatic heterocycles. The van der Waals surface area contributed by atoms with E-state index in [4.69, 9.17) is 0 Å². The molecule has 0 amide bonds. The van der Waals surface area contributed by atoms with Crippen LogP contribution in [0.3, 0.4) is 0 Å². The second kappa shape index (κ2) is 5.47. The maximum absolute atomic E-state index is 4.64. The Bertz CT molecular complexity index is 52.0. The molecule has 1 radical (unpaired) electrons. The number of oxime groups is 1. The van der Waals surface area contributed by atoms with E-state index in [2.05, 4.69) is 16.9 Å². The van der Waals surface area contributed by atoms with E-state index in [1.54, 1.807) is 0 Å². The van der Waals surface area contributed by atoms with Crippen LogP contribution in [0.5, 0.6) is 0 Å². The van der Waals surface area contributed by atoms with Crippen LogP contribution in [0.2, 0.25) is 0 Å². The highest BCUT2D eigenvalue weighted by molar-refractivity contribution is 5.60. The van der Waals surface area contributed by atoms with Crippen molar-refractivity contribution in [3.8, 4) is 0 Å². The van der Waals surface area contributed by atoms with E-state index >= 15 is 0 Å². The number of nitrogens with zero attached hydrogens (tertiary/aromatic N) is 1. The summed E-state index contributed by atoms with van der Waals surface area (Å²) in [7, 11) is 0. The van der Waals surface area contributed by atoms with E-state index in [9.17, 15) is 0 Å². The molecule has 0 saturated heterocycles. The monoisotopic (exact) mass is 100 g/mol. The van der Waals surface area contributed by atoms with Crippen molar-refractivity contribution in [3.63, 3.8) is 0 Å². The molecular formula is C5H10NO. The van der Waals surface area contributed by atoms with Crippen LogP contribution < -0.4 is 0 Å². The number of hydrogen-bond donors (Lipinski definition) is 0. The smallest absolute Gasteiger partial charge is 0.116 e. The first-order valence-corrected chi connectivity index (χ1v) is 2.34. The zero-order chi connectivity index (χ0) is 5.54. The lowest BCUT2D eigenvalue weighted by Gasteiger charge is -1.89. The Morgan fingerprint density at radius 1 is 1.86 bits per heavy atom. The summed E-state index contributed by atoms with van der Waals surface area (Å²) in [5.41, 5.74) is 0. The van der Waals surface area contributed by atoms with Crippen molar-refractivity contribution in [2.75, 3.05) is 6.61 Å². The van der Waals surface area contributed by atoms with E-state index in [1.807, 2.05) is 6.92 Å². The molecule has 0 spiro atoms. The van der Waals surface area contributed by atoms with Gasteiger partial charge in [-0.2, -0.15) is 0 Å². The van der Waals surface area contributed by atoms with Crippen molar-refractivity contribution >= 4 is 6.21 Å². The van der Waals surface area contributed by atoms with E-state index in [0.717, 1.165) is 6.42 Å². The summed E-state index contributed by atoms with van der Waals surface area (Å²) in [6.45, 7) is 6.05. The normalized spacial score (nSPS) is 10.0. The molecule has 0 saturated carbocycles. The van der Waals surface area contributed by atoms with Crippen molar-refractivity contribution in [2.24, 2.45) is 5.16 Å². The predicted octanol–water partition coefficient (Wildman–Crippen LogP) is 1.23. The fourth-order valence-corrected chi connectivity index (χ4v) is 0.197. The summed E-state index contributed by atoms with van der Waals surface area (Å²) in [5.74, 6) is 0. The topological polar surface area (TPSA) is 21.6 Å². The Morgan fingerprint density at radius 3 is 3.00 bits per heavy atom. The van der Waals surface area contributed by atoms with Crippen LogP contribution in [0, 0.1) is 6.92 Å². The zero-order valence-corrected chi connectivity index (χ0v) is 4.55. The minimum absolute atomic E-state index is 0.687. The lowest BCUT2D eigenvalue weighted by Crippen LogP contribution is -1.82. The third kappa shape index (κ3) is 5.47. The fourth-order valence-electron chi connectivity index (χ4n) is 0.197. The zero-order valence-electron chi connectivity index (χ0n) is 4.55.